The lowest BCUT2D eigenvalue weighted by Crippen LogP contribution is -2.62. The van der Waals surface area contributed by atoms with Gasteiger partial charge in [0.05, 0.1) is 18.3 Å². The summed E-state index contributed by atoms with van der Waals surface area (Å²) in [4.78, 5) is 0. The number of ether oxygens (including phenoxy) is 3. The predicted octanol–water partition coefficient (Wildman–Crippen LogP) is 4.15. The predicted molar refractivity (Wildman–Crippen MR) is 73.8 cm³/mol. The SMILES string of the molecule is CCCCCCCCCC12OC3CC(CC(C3)O1)O2. The molecule has 110 valence electrons. The Morgan fingerprint density at radius 2 is 1.21 bits per heavy atom. The van der Waals surface area contributed by atoms with Crippen molar-refractivity contribution >= 4 is 0 Å². The van der Waals surface area contributed by atoms with E-state index in [0.717, 1.165) is 32.1 Å². The van der Waals surface area contributed by atoms with E-state index in [4.69, 9.17) is 14.2 Å². The fourth-order valence-corrected chi connectivity index (χ4v) is 3.78. The Morgan fingerprint density at radius 3 is 1.74 bits per heavy atom. The summed E-state index contributed by atoms with van der Waals surface area (Å²) < 4.78 is 18.0. The highest BCUT2D eigenvalue weighted by molar-refractivity contribution is 4.91. The molecule has 4 rings (SSSR count). The average Bonchev–Trinajstić information content (AvgIpc) is 2.36. The van der Waals surface area contributed by atoms with E-state index < -0.39 is 5.97 Å². The van der Waals surface area contributed by atoms with E-state index in [-0.39, 0.29) is 0 Å². The molecule has 0 unspecified atom stereocenters. The topological polar surface area (TPSA) is 27.7 Å². The van der Waals surface area contributed by atoms with Crippen molar-refractivity contribution in [3.05, 3.63) is 0 Å². The molecule has 3 nitrogen and oxygen atoms in total. The van der Waals surface area contributed by atoms with Crippen LogP contribution in [0.2, 0.25) is 0 Å². The van der Waals surface area contributed by atoms with Crippen LogP contribution in [0, 0.1) is 0 Å². The summed E-state index contributed by atoms with van der Waals surface area (Å²) in [6.07, 6.45) is 14.6. The van der Waals surface area contributed by atoms with E-state index in [1.807, 2.05) is 0 Å². The Morgan fingerprint density at radius 1 is 0.737 bits per heavy atom. The van der Waals surface area contributed by atoms with Crippen LogP contribution in [0.25, 0.3) is 0 Å². The van der Waals surface area contributed by atoms with Crippen molar-refractivity contribution in [2.75, 3.05) is 0 Å². The summed E-state index contributed by atoms with van der Waals surface area (Å²) in [6.45, 7) is 2.26. The number of hydrogen-bond donors (Lipinski definition) is 0. The summed E-state index contributed by atoms with van der Waals surface area (Å²) in [6, 6.07) is 0. The largest absolute Gasteiger partial charge is 0.324 e. The van der Waals surface area contributed by atoms with Crippen LogP contribution in [-0.2, 0) is 14.2 Å². The van der Waals surface area contributed by atoms with Crippen molar-refractivity contribution in [2.24, 2.45) is 0 Å². The normalized spacial score (nSPS) is 39.9. The van der Waals surface area contributed by atoms with E-state index in [0.29, 0.717) is 18.3 Å². The molecule has 1 saturated carbocycles. The first-order chi connectivity index (χ1) is 9.30. The third-order valence-electron chi connectivity index (χ3n) is 4.70. The molecule has 0 amide bonds. The van der Waals surface area contributed by atoms with E-state index in [1.54, 1.807) is 0 Å². The zero-order valence-electron chi connectivity index (χ0n) is 12.2. The van der Waals surface area contributed by atoms with Crippen molar-refractivity contribution in [1.29, 1.82) is 0 Å². The number of unbranched alkanes of at least 4 members (excludes halogenated alkanes) is 6. The van der Waals surface area contributed by atoms with Crippen molar-refractivity contribution in [3.63, 3.8) is 0 Å². The second-order valence-corrected chi connectivity index (χ2v) is 6.48. The molecule has 1 aliphatic carbocycles. The van der Waals surface area contributed by atoms with E-state index in [1.165, 1.54) is 38.5 Å². The van der Waals surface area contributed by atoms with E-state index in [2.05, 4.69) is 6.92 Å². The van der Waals surface area contributed by atoms with Gasteiger partial charge in [-0.2, -0.15) is 0 Å². The van der Waals surface area contributed by atoms with Crippen LogP contribution < -0.4 is 0 Å². The quantitative estimate of drug-likeness (QED) is 0.619. The third kappa shape index (κ3) is 3.32. The lowest BCUT2D eigenvalue weighted by atomic mass is 9.88. The van der Waals surface area contributed by atoms with Gasteiger partial charge < -0.3 is 14.2 Å². The van der Waals surface area contributed by atoms with Gasteiger partial charge in [-0.05, 0) is 6.42 Å². The molecule has 0 aromatic rings. The van der Waals surface area contributed by atoms with Crippen LogP contribution in [0.1, 0.15) is 77.6 Å². The first kappa shape index (κ1) is 13.8. The highest BCUT2D eigenvalue weighted by Gasteiger charge is 2.54. The molecule has 0 radical (unpaired) electrons. The number of rotatable bonds is 8. The van der Waals surface area contributed by atoms with Crippen molar-refractivity contribution in [2.45, 2.75) is 102 Å². The molecule has 3 saturated heterocycles. The maximum atomic E-state index is 6.01. The fourth-order valence-electron chi connectivity index (χ4n) is 3.78. The minimum atomic E-state index is -0.655. The van der Waals surface area contributed by atoms with Gasteiger partial charge >= 0.3 is 0 Å². The van der Waals surface area contributed by atoms with E-state index >= 15 is 0 Å². The van der Waals surface area contributed by atoms with Crippen molar-refractivity contribution < 1.29 is 14.2 Å². The Bertz CT molecular complexity index is 254. The molecule has 3 heterocycles. The van der Waals surface area contributed by atoms with Gasteiger partial charge in [0, 0.05) is 25.7 Å². The summed E-state index contributed by atoms with van der Waals surface area (Å²) in [5.74, 6) is -0.655. The molecule has 19 heavy (non-hydrogen) atoms. The highest BCUT2D eigenvalue weighted by atomic mass is 16.9. The molecule has 0 atom stereocenters. The van der Waals surface area contributed by atoms with Crippen LogP contribution in [0.4, 0.5) is 0 Å². The van der Waals surface area contributed by atoms with Gasteiger partial charge in [0.15, 0.2) is 0 Å². The first-order valence-corrected chi connectivity index (χ1v) is 8.33. The molecule has 4 fully saturated rings. The second kappa shape index (κ2) is 6.11. The summed E-state index contributed by atoms with van der Waals surface area (Å²) in [5, 5.41) is 0. The van der Waals surface area contributed by atoms with Gasteiger partial charge in [-0.25, -0.2) is 0 Å². The van der Waals surface area contributed by atoms with Crippen LogP contribution in [0.15, 0.2) is 0 Å². The molecule has 4 bridgehead atoms. The van der Waals surface area contributed by atoms with Gasteiger partial charge in [-0.3, -0.25) is 0 Å². The molecule has 0 N–H and O–H groups in total. The van der Waals surface area contributed by atoms with Gasteiger partial charge in [-0.15, -0.1) is 0 Å². The van der Waals surface area contributed by atoms with Gasteiger partial charge in [0.1, 0.15) is 0 Å². The Labute approximate surface area is 117 Å². The Hall–Kier alpha value is -0.120. The second-order valence-electron chi connectivity index (χ2n) is 6.48. The fraction of sp³-hybridized carbons (Fsp3) is 1.00. The first-order valence-electron chi connectivity index (χ1n) is 8.33. The molecule has 3 heteroatoms. The summed E-state index contributed by atoms with van der Waals surface area (Å²) in [7, 11) is 0. The lowest BCUT2D eigenvalue weighted by Gasteiger charge is -2.55. The smallest absolute Gasteiger partial charge is 0.283 e. The number of hydrogen-bond acceptors (Lipinski definition) is 3. The zero-order valence-corrected chi connectivity index (χ0v) is 12.2. The Kier molecular flexibility index (Phi) is 4.45. The monoisotopic (exact) mass is 268 g/mol. The van der Waals surface area contributed by atoms with Gasteiger partial charge in [-0.1, -0.05) is 45.4 Å². The van der Waals surface area contributed by atoms with Crippen LogP contribution >= 0.6 is 0 Å². The van der Waals surface area contributed by atoms with Crippen molar-refractivity contribution in [1.82, 2.24) is 0 Å². The highest BCUT2D eigenvalue weighted by Crippen LogP contribution is 2.46. The molecule has 0 spiro atoms. The van der Waals surface area contributed by atoms with Crippen LogP contribution in [0.3, 0.4) is 0 Å². The molecule has 0 aromatic carbocycles. The van der Waals surface area contributed by atoms with Crippen LogP contribution in [0.5, 0.6) is 0 Å². The maximum absolute atomic E-state index is 6.01. The van der Waals surface area contributed by atoms with Crippen LogP contribution in [-0.4, -0.2) is 24.3 Å². The molecule has 4 aliphatic rings. The maximum Gasteiger partial charge on any atom is 0.283 e. The standard InChI is InChI=1S/C16H28O3/c1-2-3-4-5-6-7-8-9-16-17-13-10-14(18-16)12-15(11-13)19-16/h13-15H,2-12H2,1H3. The van der Waals surface area contributed by atoms with Gasteiger partial charge in [0.2, 0.25) is 0 Å². The summed E-state index contributed by atoms with van der Waals surface area (Å²) in [5.41, 5.74) is 0. The third-order valence-corrected chi connectivity index (χ3v) is 4.70. The molecule has 0 aromatic heterocycles. The summed E-state index contributed by atoms with van der Waals surface area (Å²) >= 11 is 0. The minimum absolute atomic E-state index is 0.399. The van der Waals surface area contributed by atoms with E-state index in [9.17, 15) is 0 Å². The van der Waals surface area contributed by atoms with Gasteiger partial charge in [0.25, 0.3) is 5.97 Å². The van der Waals surface area contributed by atoms with Crippen molar-refractivity contribution in [3.8, 4) is 0 Å². The lowest BCUT2D eigenvalue weighted by molar-refractivity contribution is -0.495. The molecular formula is C16H28O3. The molecule has 3 aliphatic heterocycles. The Balaban J connectivity index is 1.36. The molecular weight excluding hydrogens is 240 g/mol. The average molecular weight is 268 g/mol. The minimum Gasteiger partial charge on any atom is -0.324 e. The zero-order chi connectivity index (χ0) is 13.1.